The maximum Gasteiger partial charge on any atom is 0.194 e. The molecule has 0 amide bonds. The van der Waals surface area contributed by atoms with Crippen LogP contribution in [0.4, 0.5) is 22.7 Å². The van der Waals surface area contributed by atoms with Crippen molar-refractivity contribution >= 4 is 45.7 Å². The number of hydrogen-bond donors (Lipinski definition) is 0. The van der Waals surface area contributed by atoms with Gasteiger partial charge in [-0.2, -0.15) is 5.26 Å². The summed E-state index contributed by atoms with van der Waals surface area (Å²) in [6.07, 6.45) is 4.06. The molecular weight excluding hydrogens is 502 g/mol. The number of fused-ring (bicyclic) bond motifs is 1. The smallest absolute Gasteiger partial charge is 0.194 e. The van der Waals surface area contributed by atoms with Crippen LogP contribution >= 0.6 is 0 Å². The second-order valence-electron chi connectivity index (χ2n) is 10.8. The largest absolute Gasteiger partial charge is 0.497 e. The molecule has 41 heavy (non-hydrogen) atoms. The van der Waals surface area contributed by atoms with E-state index in [1.807, 2.05) is 66.7 Å². The maximum absolute atomic E-state index is 9.77. The summed E-state index contributed by atoms with van der Waals surface area (Å²) in [6, 6.07) is 36.7. The molecule has 0 heterocycles. The van der Waals surface area contributed by atoms with Gasteiger partial charge in [-0.3, -0.25) is 0 Å². The van der Waals surface area contributed by atoms with Crippen molar-refractivity contribution in [3.8, 4) is 11.8 Å². The molecule has 0 spiro atoms. The van der Waals surface area contributed by atoms with Gasteiger partial charge in [0, 0.05) is 17.1 Å². The third-order valence-electron chi connectivity index (χ3n) is 7.15. The minimum absolute atomic E-state index is 0.213. The molecule has 0 unspecified atom stereocenters. The highest BCUT2D eigenvalue weighted by Gasteiger charge is 2.22. The lowest BCUT2D eigenvalue weighted by Crippen LogP contribution is -2.14. The van der Waals surface area contributed by atoms with Gasteiger partial charge in [0.1, 0.15) is 5.75 Å². The first kappa shape index (κ1) is 27.3. The van der Waals surface area contributed by atoms with Crippen molar-refractivity contribution in [2.75, 3.05) is 12.0 Å². The lowest BCUT2D eigenvalue weighted by molar-refractivity contribution is 0.415. The lowest BCUT2D eigenvalue weighted by Gasteiger charge is -2.25. The second kappa shape index (κ2) is 11.4. The van der Waals surface area contributed by atoms with Crippen molar-refractivity contribution in [2.24, 2.45) is 0 Å². The van der Waals surface area contributed by atoms with E-state index in [1.165, 1.54) is 0 Å². The maximum atomic E-state index is 9.77. The number of ether oxygens (including phenoxy) is 1. The molecule has 0 atom stereocenters. The van der Waals surface area contributed by atoms with Crippen molar-refractivity contribution in [1.82, 2.24) is 0 Å². The van der Waals surface area contributed by atoms with E-state index in [9.17, 15) is 5.26 Å². The summed E-state index contributed by atoms with van der Waals surface area (Å²) in [4.78, 5) is 6.01. The summed E-state index contributed by atoms with van der Waals surface area (Å²) in [5.74, 6) is 0.813. The Balaban J connectivity index is 1.54. The number of benzene rings is 5. The average Bonchev–Trinajstić information content (AvgIpc) is 3.00. The van der Waals surface area contributed by atoms with Gasteiger partial charge in [-0.15, -0.1) is 0 Å². The van der Waals surface area contributed by atoms with Crippen LogP contribution in [0.25, 0.3) is 27.8 Å². The average molecular weight is 534 g/mol. The molecule has 5 aromatic carbocycles. The van der Waals surface area contributed by atoms with E-state index in [0.717, 1.165) is 50.3 Å². The third kappa shape index (κ3) is 5.55. The van der Waals surface area contributed by atoms with Crippen LogP contribution in [-0.2, 0) is 5.41 Å². The summed E-state index contributed by atoms with van der Waals surface area (Å²) < 4.78 is 5.36. The zero-order valence-electron chi connectivity index (χ0n) is 23.7. The molecule has 0 saturated carbocycles. The van der Waals surface area contributed by atoms with Crippen LogP contribution in [0.15, 0.2) is 103 Å². The minimum atomic E-state index is -0.213. The summed E-state index contributed by atoms with van der Waals surface area (Å²) in [5, 5.41) is 11.8. The molecular formula is C37H31N3O. The molecule has 0 aromatic heterocycles. The van der Waals surface area contributed by atoms with E-state index >= 15 is 0 Å². The standard InChI is InChI=1S/C37H31N3O/c1-37(2,3)36-27(25-38)14-22-32-33(35(39-4)24-23-34(32)36)21-13-26-11-15-29(16-12-26)40(28-9-7-6-8-10-28)30-17-19-31(41-5)20-18-30/h6-24H,1-3,5H3. The van der Waals surface area contributed by atoms with Crippen LogP contribution in [0.2, 0.25) is 0 Å². The van der Waals surface area contributed by atoms with Gasteiger partial charge in [0.05, 0.1) is 25.3 Å². The zero-order valence-corrected chi connectivity index (χ0v) is 23.7. The van der Waals surface area contributed by atoms with Crippen molar-refractivity contribution in [1.29, 1.82) is 5.26 Å². The van der Waals surface area contributed by atoms with Crippen LogP contribution in [-0.4, -0.2) is 7.11 Å². The van der Waals surface area contributed by atoms with Crippen molar-refractivity contribution in [3.63, 3.8) is 0 Å². The normalized spacial score (nSPS) is 11.3. The molecule has 5 rings (SSSR count). The highest BCUT2D eigenvalue weighted by molar-refractivity contribution is 6.01. The Kier molecular flexibility index (Phi) is 7.59. The molecule has 0 radical (unpaired) electrons. The fraction of sp³-hybridized carbons (Fsp3) is 0.135. The number of rotatable bonds is 6. The van der Waals surface area contributed by atoms with E-state index in [4.69, 9.17) is 11.3 Å². The molecule has 4 nitrogen and oxygen atoms in total. The Bertz CT molecular complexity index is 1800. The van der Waals surface area contributed by atoms with Crippen LogP contribution < -0.4 is 9.64 Å². The molecule has 0 bridgehead atoms. The Labute approximate surface area is 242 Å². The summed E-state index contributed by atoms with van der Waals surface area (Å²) >= 11 is 0. The summed E-state index contributed by atoms with van der Waals surface area (Å²) in [7, 11) is 1.67. The van der Waals surface area contributed by atoms with Crippen LogP contribution in [0, 0.1) is 17.9 Å². The molecule has 0 aliphatic heterocycles. The number of anilines is 3. The van der Waals surface area contributed by atoms with E-state index in [2.05, 4.69) is 85.1 Å². The zero-order chi connectivity index (χ0) is 29.0. The SMILES string of the molecule is [C-]#[N+]c1ccc2c(C(C)(C)C)c(C#N)ccc2c1C=Cc1ccc(N(c2ccccc2)c2ccc(OC)cc2)cc1. The Morgan fingerprint density at radius 3 is 1.95 bits per heavy atom. The van der Waals surface area contributed by atoms with Gasteiger partial charge < -0.3 is 9.64 Å². The number of para-hydroxylation sites is 1. The van der Waals surface area contributed by atoms with Gasteiger partial charge >= 0.3 is 0 Å². The quantitative estimate of drug-likeness (QED) is 0.161. The van der Waals surface area contributed by atoms with Gasteiger partial charge in [-0.1, -0.05) is 81.5 Å². The van der Waals surface area contributed by atoms with E-state index in [-0.39, 0.29) is 5.41 Å². The van der Waals surface area contributed by atoms with Crippen LogP contribution in [0.3, 0.4) is 0 Å². The number of methoxy groups -OCH3 is 1. The predicted octanol–water partition coefficient (Wildman–Crippen LogP) is 10.2. The lowest BCUT2D eigenvalue weighted by atomic mass is 9.80. The van der Waals surface area contributed by atoms with Gasteiger partial charge in [0.15, 0.2) is 5.69 Å². The molecule has 200 valence electrons. The topological polar surface area (TPSA) is 40.6 Å². The highest BCUT2D eigenvalue weighted by atomic mass is 16.5. The van der Waals surface area contributed by atoms with Gasteiger partial charge in [-0.25, -0.2) is 4.85 Å². The predicted molar refractivity (Wildman–Crippen MR) is 170 cm³/mol. The van der Waals surface area contributed by atoms with Crippen molar-refractivity contribution in [2.45, 2.75) is 26.2 Å². The second-order valence-corrected chi connectivity index (χ2v) is 10.8. The summed E-state index contributed by atoms with van der Waals surface area (Å²) in [6.45, 7) is 14.1. The molecule has 0 aliphatic rings. The number of nitriles is 1. The molecule has 0 N–H and O–H groups in total. The molecule has 5 aromatic rings. The van der Waals surface area contributed by atoms with E-state index in [1.54, 1.807) is 7.11 Å². The number of hydrogen-bond acceptors (Lipinski definition) is 3. The van der Waals surface area contributed by atoms with Gasteiger partial charge in [0.25, 0.3) is 0 Å². The monoisotopic (exact) mass is 533 g/mol. The van der Waals surface area contributed by atoms with Gasteiger partial charge in [-0.05, 0) is 87.5 Å². The fourth-order valence-electron chi connectivity index (χ4n) is 5.26. The Morgan fingerprint density at radius 2 is 1.37 bits per heavy atom. The first-order valence-corrected chi connectivity index (χ1v) is 13.5. The number of nitrogens with zero attached hydrogens (tertiary/aromatic N) is 3. The van der Waals surface area contributed by atoms with Crippen LogP contribution in [0.1, 0.15) is 43.0 Å². The molecule has 0 aliphatic carbocycles. The fourth-order valence-corrected chi connectivity index (χ4v) is 5.26. The molecule has 0 saturated heterocycles. The highest BCUT2D eigenvalue weighted by Crippen LogP contribution is 2.39. The Morgan fingerprint density at radius 1 is 0.756 bits per heavy atom. The van der Waals surface area contributed by atoms with Crippen molar-refractivity contribution < 1.29 is 4.74 Å². The Hall–Kier alpha value is -5.32. The first-order chi connectivity index (χ1) is 19.8. The van der Waals surface area contributed by atoms with Crippen molar-refractivity contribution in [3.05, 3.63) is 137 Å². The van der Waals surface area contributed by atoms with E-state index in [0.29, 0.717) is 11.3 Å². The van der Waals surface area contributed by atoms with Crippen LogP contribution in [0.5, 0.6) is 5.75 Å². The van der Waals surface area contributed by atoms with E-state index < -0.39 is 0 Å². The summed E-state index contributed by atoms with van der Waals surface area (Å²) in [5.41, 5.74) is 7.06. The molecule has 0 fully saturated rings. The van der Waals surface area contributed by atoms with Gasteiger partial charge in [0.2, 0.25) is 0 Å². The molecule has 4 heteroatoms. The minimum Gasteiger partial charge on any atom is -0.497 e. The first-order valence-electron chi connectivity index (χ1n) is 13.5. The third-order valence-corrected chi connectivity index (χ3v) is 7.15.